The summed E-state index contributed by atoms with van der Waals surface area (Å²) in [4.78, 5) is 10.4. The number of aryl methyl sites for hydroxylation is 2. The summed E-state index contributed by atoms with van der Waals surface area (Å²) < 4.78 is 25.1. The maximum atomic E-state index is 12.6. The van der Waals surface area contributed by atoms with Crippen LogP contribution in [0.25, 0.3) is 0 Å². The number of rotatable bonds is 5. The number of alkyl halides is 2. The van der Waals surface area contributed by atoms with E-state index in [9.17, 15) is 13.6 Å². The summed E-state index contributed by atoms with van der Waals surface area (Å²) in [6.07, 6.45) is -1.53. The number of aliphatic carboxylic acids is 1. The molecule has 1 aromatic rings. The summed E-state index contributed by atoms with van der Waals surface area (Å²) >= 11 is 0. The Bertz CT molecular complexity index is 375. The molecule has 0 aromatic heterocycles. The number of carboxylic acid groups (broad SMARTS) is 1. The van der Waals surface area contributed by atoms with Gasteiger partial charge in [-0.1, -0.05) is 25.1 Å². The average Bonchev–Trinajstić information content (AvgIpc) is 2.25. The van der Waals surface area contributed by atoms with Gasteiger partial charge in [-0.3, -0.25) is 4.79 Å². The van der Waals surface area contributed by atoms with Crippen molar-refractivity contribution in [3.05, 3.63) is 34.9 Å². The molecule has 0 spiro atoms. The van der Waals surface area contributed by atoms with Crippen LogP contribution >= 0.6 is 0 Å². The Hall–Kier alpha value is -1.45. The Balaban J connectivity index is 2.86. The van der Waals surface area contributed by atoms with Gasteiger partial charge in [-0.05, 0) is 24.0 Å². The highest BCUT2D eigenvalue weighted by molar-refractivity contribution is 5.67. The van der Waals surface area contributed by atoms with Crippen molar-refractivity contribution in [3.63, 3.8) is 0 Å². The first-order valence-electron chi connectivity index (χ1n) is 5.16. The molecule has 1 rings (SSSR count). The van der Waals surface area contributed by atoms with Crippen LogP contribution in [-0.2, 0) is 17.6 Å². The molecule has 0 saturated carbocycles. The van der Waals surface area contributed by atoms with Crippen molar-refractivity contribution >= 4 is 5.97 Å². The second-order valence-corrected chi connectivity index (χ2v) is 3.58. The Morgan fingerprint density at radius 2 is 2.12 bits per heavy atom. The normalized spacial score (nSPS) is 10.8. The van der Waals surface area contributed by atoms with E-state index >= 15 is 0 Å². The van der Waals surface area contributed by atoms with Gasteiger partial charge in [-0.2, -0.15) is 0 Å². The number of hydrogen-bond donors (Lipinski definition) is 1. The van der Waals surface area contributed by atoms with Gasteiger partial charge in [-0.15, -0.1) is 0 Å². The predicted molar refractivity (Wildman–Crippen MR) is 56.7 cm³/mol. The summed E-state index contributed by atoms with van der Waals surface area (Å²) in [5.41, 5.74) is 1.43. The summed E-state index contributed by atoms with van der Waals surface area (Å²) in [6, 6.07) is 4.63. The molecule has 1 aromatic carbocycles. The van der Waals surface area contributed by atoms with Crippen LogP contribution in [0.2, 0.25) is 0 Å². The van der Waals surface area contributed by atoms with Crippen molar-refractivity contribution in [3.8, 4) is 0 Å². The van der Waals surface area contributed by atoms with Gasteiger partial charge < -0.3 is 5.11 Å². The zero-order valence-electron chi connectivity index (χ0n) is 9.04. The van der Waals surface area contributed by atoms with Crippen molar-refractivity contribution in [2.45, 2.75) is 32.6 Å². The summed E-state index contributed by atoms with van der Waals surface area (Å²) in [7, 11) is 0. The number of carboxylic acids is 1. The van der Waals surface area contributed by atoms with Crippen LogP contribution in [0, 0.1) is 0 Å². The topological polar surface area (TPSA) is 37.3 Å². The smallest absolute Gasteiger partial charge is 0.303 e. The molecule has 0 amide bonds. The third-order valence-corrected chi connectivity index (χ3v) is 2.45. The highest BCUT2D eigenvalue weighted by Gasteiger charge is 2.12. The van der Waals surface area contributed by atoms with Gasteiger partial charge in [0.05, 0.1) is 0 Å². The van der Waals surface area contributed by atoms with E-state index in [1.165, 1.54) is 6.07 Å². The molecule has 0 aliphatic carbocycles. The lowest BCUT2D eigenvalue weighted by atomic mass is 10.00. The molecule has 0 bridgehead atoms. The lowest BCUT2D eigenvalue weighted by molar-refractivity contribution is -0.136. The molecule has 0 atom stereocenters. The molecule has 0 aliphatic heterocycles. The minimum absolute atomic E-state index is 0.0250. The van der Waals surface area contributed by atoms with Gasteiger partial charge in [0.2, 0.25) is 0 Å². The average molecular weight is 228 g/mol. The van der Waals surface area contributed by atoms with Gasteiger partial charge in [0.1, 0.15) is 0 Å². The molecule has 1 N–H and O–H groups in total. The van der Waals surface area contributed by atoms with Crippen molar-refractivity contribution in [2.75, 3.05) is 0 Å². The first kappa shape index (κ1) is 12.6. The van der Waals surface area contributed by atoms with Gasteiger partial charge in [0.25, 0.3) is 6.43 Å². The van der Waals surface area contributed by atoms with Crippen LogP contribution in [-0.4, -0.2) is 11.1 Å². The zero-order valence-corrected chi connectivity index (χ0v) is 9.04. The molecule has 4 heteroatoms. The first-order valence-corrected chi connectivity index (χ1v) is 5.16. The van der Waals surface area contributed by atoms with Crippen LogP contribution in [0.5, 0.6) is 0 Å². The molecule has 0 radical (unpaired) electrons. The molecule has 0 heterocycles. The zero-order chi connectivity index (χ0) is 12.1. The molecule has 0 aliphatic rings. The Kier molecular flexibility index (Phi) is 4.40. The number of carbonyl (C=O) groups is 1. The highest BCUT2D eigenvalue weighted by Crippen LogP contribution is 2.24. The fourth-order valence-corrected chi connectivity index (χ4v) is 1.58. The number of halogens is 2. The van der Waals surface area contributed by atoms with E-state index in [1.807, 2.05) is 6.92 Å². The molecule has 0 unspecified atom stereocenters. The minimum Gasteiger partial charge on any atom is -0.481 e. The molecular formula is C12H14F2O2. The number of benzene rings is 1. The van der Waals surface area contributed by atoms with E-state index in [1.54, 1.807) is 12.1 Å². The maximum absolute atomic E-state index is 12.6. The fourth-order valence-electron chi connectivity index (χ4n) is 1.58. The van der Waals surface area contributed by atoms with E-state index in [-0.39, 0.29) is 12.0 Å². The summed E-state index contributed by atoms with van der Waals surface area (Å²) in [5.74, 6) is -0.879. The Morgan fingerprint density at radius 3 is 2.62 bits per heavy atom. The largest absolute Gasteiger partial charge is 0.481 e. The monoisotopic (exact) mass is 228 g/mol. The van der Waals surface area contributed by atoms with E-state index in [0.29, 0.717) is 18.4 Å². The van der Waals surface area contributed by atoms with Crippen molar-refractivity contribution in [2.24, 2.45) is 0 Å². The van der Waals surface area contributed by atoms with Gasteiger partial charge >= 0.3 is 5.97 Å². The molecule has 2 nitrogen and oxygen atoms in total. The van der Waals surface area contributed by atoms with Crippen LogP contribution in [0.3, 0.4) is 0 Å². The Labute approximate surface area is 92.9 Å². The van der Waals surface area contributed by atoms with Crippen LogP contribution in [0.1, 0.15) is 36.5 Å². The van der Waals surface area contributed by atoms with Gasteiger partial charge in [-0.25, -0.2) is 8.78 Å². The maximum Gasteiger partial charge on any atom is 0.303 e. The lowest BCUT2D eigenvalue weighted by Crippen LogP contribution is -2.00. The Morgan fingerprint density at radius 1 is 1.44 bits per heavy atom. The minimum atomic E-state index is -2.47. The fraction of sp³-hybridized carbons (Fsp3) is 0.417. The second-order valence-electron chi connectivity index (χ2n) is 3.58. The number of hydrogen-bond acceptors (Lipinski definition) is 1. The molecule has 0 fully saturated rings. The van der Waals surface area contributed by atoms with Gasteiger partial charge in [0, 0.05) is 12.0 Å². The second kappa shape index (κ2) is 5.58. The summed E-state index contributed by atoms with van der Waals surface area (Å²) in [6.45, 7) is 1.81. The molecular weight excluding hydrogens is 214 g/mol. The van der Waals surface area contributed by atoms with Crippen molar-refractivity contribution in [1.29, 1.82) is 0 Å². The van der Waals surface area contributed by atoms with E-state index in [4.69, 9.17) is 5.11 Å². The third-order valence-electron chi connectivity index (χ3n) is 2.45. The van der Waals surface area contributed by atoms with E-state index in [0.717, 1.165) is 5.56 Å². The SMILES string of the molecule is CCc1cc(CCC(=O)O)ccc1C(F)F. The van der Waals surface area contributed by atoms with Crippen LogP contribution in [0.4, 0.5) is 8.78 Å². The lowest BCUT2D eigenvalue weighted by Gasteiger charge is -2.09. The first-order chi connectivity index (χ1) is 7.54. The van der Waals surface area contributed by atoms with Crippen LogP contribution in [0.15, 0.2) is 18.2 Å². The molecule has 16 heavy (non-hydrogen) atoms. The molecule has 0 saturated heterocycles. The van der Waals surface area contributed by atoms with Crippen molar-refractivity contribution < 1.29 is 18.7 Å². The van der Waals surface area contributed by atoms with E-state index < -0.39 is 12.4 Å². The quantitative estimate of drug-likeness (QED) is 0.840. The standard InChI is InChI=1S/C12H14F2O2/c1-2-9-7-8(4-6-11(15)16)3-5-10(9)12(13)14/h3,5,7,12H,2,4,6H2,1H3,(H,15,16). The summed E-state index contributed by atoms with van der Waals surface area (Å²) in [5, 5.41) is 8.52. The van der Waals surface area contributed by atoms with Crippen molar-refractivity contribution in [1.82, 2.24) is 0 Å². The van der Waals surface area contributed by atoms with Gasteiger partial charge in [0.15, 0.2) is 0 Å². The van der Waals surface area contributed by atoms with Crippen LogP contribution < -0.4 is 0 Å². The third kappa shape index (κ3) is 3.29. The predicted octanol–water partition coefficient (Wildman–Crippen LogP) is 3.20. The van der Waals surface area contributed by atoms with E-state index in [2.05, 4.69) is 0 Å². The highest BCUT2D eigenvalue weighted by atomic mass is 19.3. The molecule has 88 valence electrons.